The van der Waals surface area contributed by atoms with Crippen LogP contribution in [0.25, 0.3) is 10.9 Å². The molecule has 4 rings (SSSR count). The van der Waals surface area contributed by atoms with E-state index in [1.54, 1.807) is 16.4 Å². The van der Waals surface area contributed by atoms with Crippen LogP contribution in [0.3, 0.4) is 0 Å². The van der Waals surface area contributed by atoms with E-state index in [4.69, 9.17) is 0 Å². The van der Waals surface area contributed by atoms with E-state index in [9.17, 15) is 13.2 Å². The van der Waals surface area contributed by atoms with Crippen molar-refractivity contribution in [2.24, 2.45) is 0 Å². The van der Waals surface area contributed by atoms with Crippen molar-refractivity contribution >= 4 is 26.8 Å². The van der Waals surface area contributed by atoms with Gasteiger partial charge in [-0.1, -0.05) is 43.2 Å². The molecule has 0 spiro atoms. The molecule has 0 unspecified atom stereocenters. The summed E-state index contributed by atoms with van der Waals surface area (Å²) in [5.41, 5.74) is 2.22. The first kappa shape index (κ1) is 24.5. The van der Waals surface area contributed by atoms with Gasteiger partial charge in [-0.2, -0.15) is 4.31 Å². The van der Waals surface area contributed by atoms with E-state index < -0.39 is 10.0 Å². The number of fused-ring (bicyclic) bond motifs is 1. The van der Waals surface area contributed by atoms with Crippen LogP contribution in [0.5, 0.6) is 0 Å². The zero-order chi connectivity index (χ0) is 24.0. The first-order valence-electron chi connectivity index (χ1n) is 12.4. The minimum atomic E-state index is -3.47. The van der Waals surface area contributed by atoms with Gasteiger partial charge in [0, 0.05) is 49.2 Å². The first-order valence-corrected chi connectivity index (χ1v) is 13.8. The van der Waals surface area contributed by atoms with Crippen molar-refractivity contribution < 1.29 is 13.2 Å². The second-order valence-electron chi connectivity index (χ2n) is 9.29. The van der Waals surface area contributed by atoms with Crippen molar-refractivity contribution in [3.05, 3.63) is 66.4 Å². The number of hydrogen-bond acceptors (Lipinski definition) is 3. The second-order valence-corrected chi connectivity index (χ2v) is 11.2. The highest BCUT2D eigenvalue weighted by Gasteiger charge is 2.25. The monoisotopic (exact) mass is 481 g/mol. The molecule has 0 radical (unpaired) electrons. The maximum absolute atomic E-state index is 13.1. The lowest BCUT2D eigenvalue weighted by atomic mass is 10.1. The number of nitrogens with zero attached hydrogens (tertiary/aromatic N) is 2. The molecule has 0 aliphatic carbocycles. The number of carbonyl (C=O) groups is 1. The Bertz CT molecular complexity index is 1200. The molecular formula is C27H35N3O3S. The highest BCUT2D eigenvalue weighted by Crippen LogP contribution is 2.25. The molecule has 7 heteroatoms. The number of aryl methyl sites for hydroxylation is 2. The summed E-state index contributed by atoms with van der Waals surface area (Å²) in [7, 11) is -3.47. The van der Waals surface area contributed by atoms with Gasteiger partial charge in [0.1, 0.15) is 0 Å². The van der Waals surface area contributed by atoms with Crippen molar-refractivity contribution in [3.63, 3.8) is 0 Å². The summed E-state index contributed by atoms with van der Waals surface area (Å²) in [5.74, 6) is 0.0303. The molecule has 0 saturated carbocycles. The largest absolute Gasteiger partial charge is 0.354 e. The summed E-state index contributed by atoms with van der Waals surface area (Å²) in [4.78, 5) is 12.8. The van der Waals surface area contributed by atoms with Crippen LogP contribution in [0.1, 0.15) is 51.0 Å². The van der Waals surface area contributed by atoms with Crippen LogP contribution < -0.4 is 5.32 Å². The summed E-state index contributed by atoms with van der Waals surface area (Å²) >= 11 is 0. The normalized spacial score (nSPS) is 16.3. The van der Waals surface area contributed by atoms with Crippen LogP contribution in [-0.2, 0) is 27.8 Å². The second kappa shape index (κ2) is 11.2. The standard InChI is InChI=1S/C27H35N3O3S/c1-22(11-12-23-9-5-4-6-10-23)28-27(31)16-20-29-19-15-24-21-25(13-14-26(24)29)34(32,33)30-17-7-2-3-8-18-30/h4-6,9-10,13-15,19,21-22H,2-3,7-8,11-12,16-18,20H2,1H3,(H,28,31)/t22-/m1/s1. The number of nitrogens with one attached hydrogen (secondary N) is 1. The Morgan fingerprint density at radius 3 is 2.47 bits per heavy atom. The highest BCUT2D eigenvalue weighted by atomic mass is 32.2. The number of hydrogen-bond donors (Lipinski definition) is 1. The van der Waals surface area contributed by atoms with Gasteiger partial charge in [-0.05, 0) is 62.4 Å². The third-order valence-corrected chi connectivity index (χ3v) is 8.54. The predicted octanol–water partition coefficient (Wildman–Crippen LogP) is 4.73. The van der Waals surface area contributed by atoms with Gasteiger partial charge in [-0.15, -0.1) is 0 Å². The summed E-state index contributed by atoms with van der Waals surface area (Å²) in [6.45, 7) is 3.79. The van der Waals surface area contributed by atoms with Crippen LogP contribution in [-0.4, -0.2) is 42.3 Å². The molecule has 1 atom stereocenters. The molecule has 1 aliphatic rings. The Morgan fingerprint density at radius 2 is 1.74 bits per heavy atom. The topological polar surface area (TPSA) is 71.4 Å². The lowest BCUT2D eigenvalue weighted by Crippen LogP contribution is -2.33. The van der Waals surface area contributed by atoms with Gasteiger partial charge in [-0.3, -0.25) is 4.79 Å². The van der Waals surface area contributed by atoms with E-state index in [0.717, 1.165) is 49.4 Å². The Kier molecular flexibility index (Phi) is 8.06. The quantitative estimate of drug-likeness (QED) is 0.480. The Morgan fingerprint density at radius 1 is 1.00 bits per heavy atom. The van der Waals surface area contributed by atoms with E-state index in [0.29, 0.717) is 31.0 Å². The highest BCUT2D eigenvalue weighted by molar-refractivity contribution is 7.89. The van der Waals surface area contributed by atoms with Gasteiger partial charge >= 0.3 is 0 Å². The number of rotatable bonds is 9. The van der Waals surface area contributed by atoms with Gasteiger partial charge in [0.25, 0.3) is 0 Å². The number of benzene rings is 2. The molecule has 2 heterocycles. The molecule has 3 aromatic rings. The van der Waals surface area contributed by atoms with Crippen LogP contribution in [0.2, 0.25) is 0 Å². The Hall–Kier alpha value is -2.64. The minimum absolute atomic E-state index is 0.0303. The number of sulfonamides is 1. The zero-order valence-corrected chi connectivity index (χ0v) is 20.8. The minimum Gasteiger partial charge on any atom is -0.354 e. The molecule has 34 heavy (non-hydrogen) atoms. The molecule has 6 nitrogen and oxygen atoms in total. The fourth-order valence-corrected chi connectivity index (χ4v) is 6.19. The lowest BCUT2D eigenvalue weighted by molar-refractivity contribution is -0.121. The zero-order valence-electron chi connectivity index (χ0n) is 19.9. The van der Waals surface area contributed by atoms with Crippen molar-refractivity contribution in [2.75, 3.05) is 13.1 Å². The smallest absolute Gasteiger partial charge is 0.243 e. The van der Waals surface area contributed by atoms with Gasteiger partial charge in [0.15, 0.2) is 0 Å². The van der Waals surface area contributed by atoms with Gasteiger partial charge in [0.2, 0.25) is 15.9 Å². The predicted molar refractivity (Wildman–Crippen MR) is 136 cm³/mol. The summed E-state index contributed by atoms with van der Waals surface area (Å²) in [5, 5.41) is 3.98. The fraction of sp³-hybridized carbons (Fsp3) is 0.444. The average Bonchev–Trinajstić information content (AvgIpc) is 3.03. The van der Waals surface area contributed by atoms with E-state index in [1.165, 1.54) is 5.56 Å². The maximum atomic E-state index is 13.1. The summed E-state index contributed by atoms with van der Waals surface area (Å²) in [6.07, 6.45) is 8.17. The van der Waals surface area contributed by atoms with Gasteiger partial charge in [0.05, 0.1) is 4.90 Å². The molecular weight excluding hydrogens is 446 g/mol. The van der Waals surface area contributed by atoms with Crippen molar-refractivity contribution in [1.29, 1.82) is 0 Å². The molecule has 1 aliphatic heterocycles. The molecule has 2 aromatic carbocycles. The third kappa shape index (κ3) is 6.07. The van der Waals surface area contributed by atoms with E-state index in [-0.39, 0.29) is 11.9 Å². The molecule has 182 valence electrons. The lowest BCUT2D eigenvalue weighted by Gasteiger charge is -2.20. The number of aromatic nitrogens is 1. The first-order chi connectivity index (χ1) is 16.4. The number of amides is 1. The van der Waals surface area contributed by atoms with Gasteiger partial charge in [-0.25, -0.2) is 8.42 Å². The Balaban J connectivity index is 1.33. The Labute approximate surface area is 203 Å². The van der Waals surface area contributed by atoms with Crippen molar-refractivity contribution in [3.8, 4) is 0 Å². The van der Waals surface area contributed by atoms with E-state index in [1.807, 2.05) is 48.0 Å². The molecule has 1 amide bonds. The van der Waals surface area contributed by atoms with Crippen molar-refractivity contribution in [2.45, 2.75) is 69.4 Å². The summed E-state index contributed by atoms with van der Waals surface area (Å²) < 4.78 is 29.9. The molecule has 1 saturated heterocycles. The number of carbonyl (C=O) groups excluding carboxylic acids is 1. The molecule has 1 N–H and O–H groups in total. The maximum Gasteiger partial charge on any atom is 0.243 e. The van der Waals surface area contributed by atoms with Crippen LogP contribution in [0.4, 0.5) is 0 Å². The fourth-order valence-electron chi connectivity index (χ4n) is 4.63. The van der Waals surface area contributed by atoms with Crippen LogP contribution in [0.15, 0.2) is 65.7 Å². The van der Waals surface area contributed by atoms with Crippen molar-refractivity contribution in [1.82, 2.24) is 14.2 Å². The van der Waals surface area contributed by atoms with Gasteiger partial charge < -0.3 is 9.88 Å². The van der Waals surface area contributed by atoms with Crippen LogP contribution >= 0.6 is 0 Å². The average molecular weight is 482 g/mol. The van der Waals surface area contributed by atoms with E-state index >= 15 is 0 Å². The SMILES string of the molecule is C[C@H](CCc1ccccc1)NC(=O)CCn1ccc2cc(S(=O)(=O)N3CCCCCC3)ccc21. The molecule has 1 aromatic heterocycles. The third-order valence-electron chi connectivity index (χ3n) is 6.64. The van der Waals surface area contributed by atoms with E-state index in [2.05, 4.69) is 17.4 Å². The van der Waals surface area contributed by atoms with Crippen LogP contribution in [0, 0.1) is 0 Å². The molecule has 0 bridgehead atoms. The summed E-state index contributed by atoms with van der Waals surface area (Å²) in [6, 6.07) is 17.7. The molecule has 1 fully saturated rings.